The second kappa shape index (κ2) is 9.91. The van der Waals surface area contributed by atoms with Crippen molar-refractivity contribution < 1.29 is 9.59 Å². The Hall–Kier alpha value is -4.29. The minimum atomic E-state index is -0.472. The number of rotatable bonds is 9. The first-order valence-corrected chi connectivity index (χ1v) is 11.6. The summed E-state index contributed by atoms with van der Waals surface area (Å²) >= 11 is 0. The maximum Gasteiger partial charge on any atom is 0.186 e. The molecule has 0 spiro atoms. The number of H-pyrrole nitrogens is 1. The van der Waals surface area contributed by atoms with Crippen LogP contribution in [0.2, 0.25) is 0 Å². The normalized spacial score (nSPS) is 12.0. The third-order valence-electron chi connectivity index (χ3n) is 6.25. The summed E-state index contributed by atoms with van der Waals surface area (Å²) in [6.07, 6.45) is 7.92. The predicted octanol–water partition coefficient (Wildman–Crippen LogP) is 5.31. The molecule has 0 unspecified atom stereocenters. The van der Waals surface area contributed by atoms with Crippen LogP contribution in [0.25, 0.3) is 16.6 Å². The lowest BCUT2D eigenvalue weighted by Crippen LogP contribution is -2.30. The molecule has 0 fully saturated rings. The summed E-state index contributed by atoms with van der Waals surface area (Å²) < 4.78 is 1.93. The lowest BCUT2D eigenvalue weighted by molar-refractivity contribution is 0.0944. The molecule has 0 saturated carbocycles. The van der Waals surface area contributed by atoms with E-state index < -0.39 is 6.04 Å². The van der Waals surface area contributed by atoms with Gasteiger partial charge in [0.25, 0.3) is 0 Å². The number of fused-ring (bicyclic) bond motifs is 1. The highest BCUT2D eigenvalue weighted by atomic mass is 16.1. The average Bonchev–Trinajstić information content (AvgIpc) is 3.57. The molecule has 0 bridgehead atoms. The van der Waals surface area contributed by atoms with E-state index in [1.165, 1.54) is 0 Å². The zero-order valence-electron chi connectivity index (χ0n) is 19.4. The fourth-order valence-corrected chi connectivity index (χ4v) is 4.32. The van der Waals surface area contributed by atoms with Crippen molar-refractivity contribution in [1.29, 1.82) is 0 Å². The fraction of sp³-hybridized carbons (Fsp3) is 0.138. The standard InChI is InChI=1S/C29H26N4O2/c1-20(34)22-9-7-21(8-10-22)13-14-31-28(23-5-3-2-4-6-23)29(35)26-18-32-27-17-24(11-12-25(26)27)33-16-15-30-19-33/h2-12,15-19,28,31-32H,13-14H2,1H3/t28-/m0/s1. The summed E-state index contributed by atoms with van der Waals surface area (Å²) in [4.78, 5) is 32.7. The number of carbonyl (C=O) groups excluding carboxylic acids is 2. The van der Waals surface area contributed by atoms with E-state index in [1.54, 1.807) is 25.6 Å². The van der Waals surface area contributed by atoms with Crippen LogP contribution in [0.3, 0.4) is 0 Å². The third-order valence-corrected chi connectivity index (χ3v) is 6.25. The number of imidazole rings is 1. The summed E-state index contributed by atoms with van der Waals surface area (Å²) in [6, 6.07) is 22.9. The summed E-state index contributed by atoms with van der Waals surface area (Å²) in [5, 5.41) is 4.36. The Bertz CT molecular complexity index is 1450. The van der Waals surface area contributed by atoms with E-state index in [-0.39, 0.29) is 11.6 Å². The van der Waals surface area contributed by atoms with Gasteiger partial charge < -0.3 is 14.9 Å². The summed E-state index contributed by atoms with van der Waals surface area (Å²) in [5.74, 6) is 0.0741. The number of nitrogens with zero attached hydrogens (tertiary/aromatic N) is 2. The van der Waals surface area contributed by atoms with Gasteiger partial charge in [-0.05, 0) is 36.6 Å². The van der Waals surface area contributed by atoms with E-state index in [1.807, 2.05) is 83.6 Å². The molecule has 0 amide bonds. The van der Waals surface area contributed by atoms with Gasteiger partial charge in [0.1, 0.15) is 0 Å². The topological polar surface area (TPSA) is 79.8 Å². The van der Waals surface area contributed by atoms with Crippen LogP contribution in [0, 0.1) is 0 Å². The van der Waals surface area contributed by atoms with Gasteiger partial charge in [-0.1, -0.05) is 60.7 Å². The molecule has 0 aliphatic rings. The Morgan fingerprint density at radius 3 is 2.54 bits per heavy atom. The smallest absolute Gasteiger partial charge is 0.186 e. The molecule has 5 rings (SSSR count). The first kappa shape index (κ1) is 22.5. The molecule has 0 aliphatic carbocycles. The lowest BCUT2D eigenvalue weighted by atomic mass is 9.96. The van der Waals surface area contributed by atoms with Gasteiger partial charge in [-0.15, -0.1) is 0 Å². The highest BCUT2D eigenvalue weighted by Crippen LogP contribution is 2.26. The summed E-state index contributed by atoms with van der Waals surface area (Å²) in [5.41, 5.74) is 5.27. The van der Waals surface area contributed by atoms with Crippen LogP contribution in [0.15, 0.2) is 97.7 Å². The minimum absolute atomic E-state index is 0.0183. The van der Waals surface area contributed by atoms with E-state index in [0.29, 0.717) is 17.7 Å². The zero-order valence-corrected chi connectivity index (χ0v) is 19.4. The van der Waals surface area contributed by atoms with Gasteiger partial charge in [0.15, 0.2) is 11.6 Å². The molecule has 6 heteroatoms. The molecular weight excluding hydrogens is 436 g/mol. The first-order chi connectivity index (χ1) is 17.1. The Labute approximate surface area is 203 Å². The second-order valence-corrected chi connectivity index (χ2v) is 8.57. The number of carbonyl (C=O) groups is 2. The van der Waals surface area contributed by atoms with Crippen molar-refractivity contribution in [3.8, 4) is 5.69 Å². The van der Waals surface area contributed by atoms with Crippen LogP contribution < -0.4 is 5.32 Å². The van der Waals surface area contributed by atoms with Crippen molar-refractivity contribution in [1.82, 2.24) is 19.9 Å². The molecule has 0 radical (unpaired) electrons. The van der Waals surface area contributed by atoms with E-state index in [4.69, 9.17) is 0 Å². The van der Waals surface area contributed by atoms with Crippen LogP contribution in [-0.4, -0.2) is 32.6 Å². The molecule has 2 N–H and O–H groups in total. The van der Waals surface area contributed by atoms with Crippen LogP contribution in [-0.2, 0) is 6.42 Å². The highest BCUT2D eigenvalue weighted by molar-refractivity contribution is 6.10. The number of nitrogens with one attached hydrogen (secondary N) is 2. The van der Waals surface area contributed by atoms with Crippen molar-refractivity contribution in [2.75, 3.05) is 6.54 Å². The molecule has 1 atom stereocenters. The molecule has 2 heterocycles. The maximum atomic E-state index is 13.8. The summed E-state index contributed by atoms with van der Waals surface area (Å²) in [6.45, 7) is 2.19. The van der Waals surface area contributed by atoms with Crippen molar-refractivity contribution in [3.05, 3.63) is 120 Å². The van der Waals surface area contributed by atoms with Gasteiger partial charge >= 0.3 is 0 Å². The predicted molar refractivity (Wildman–Crippen MR) is 137 cm³/mol. The van der Waals surface area contributed by atoms with Gasteiger partial charge in [0.05, 0.1) is 12.4 Å². The van der Waals surface area contributed by atoms with Gasteiger partial charge in [-0.25, -0.2) is 4.98 Å². The first-order valence-electron chi connectivity index (χ1n) is 11.6. The molecule has 35 heavy (non-hydrogen) atoms. The van der Waals surface area contributed by atoms with Crippen LogP contribution >= 0.6 is 0 Å². The average molecular weight is 463 g/mol. The molecule has 5 aromatic rings. The molecule has 0 aliphatic heterocycles. The number of aromatic nitrogens is 3. The van der Waals surface area contributed by atoms with E-state index in [2.05, 4.69) is 15.3 Å². The van der Waals surface area contributed by atoms with E-state index >= 15 is 0 Å². The number of aromatic amines is 1. The Kier molecular flexibility index (Phi) is 6.37. The zero-order chi connectivity index (χ0) is 24.2. The quantitative estimate of drug-likeness (QED) is 0.291. The Balaban J connectivity index is 1.37. The lowest BCUT2D eigenvalue weighted by Gasteiger charge is -2.18. The highest BCUT2D eigenvalue weighted by Gasteiger charge is 2.24. The van der Waals surface area contributed by atoms with Crippen molar-refractivity contribution in [3.63, 3.8) is 0 Å². The van der Waals surface area contributed by atoms with E-state index in [0.717, 1.165) is 34.1 Å². The molecule has 6 nitrogen and oxygen atoms in total. The molecule has 3 aromatic carbocycles. The number of benzene rings is 3. The van der Waals surface area contributed by atoms with Crippen LogP contribution in [0.1, 0.15) is 44.8 Å². The Morgan fingerprint density at radius 1 is 1.03 bits per heavy atom. The SMILES string of the molecule is CC(=O)c1ccc(CCN[C@H](C(=O)c2c[nH]c3cc(-n4ccnc4)ccc23)c2ccccc2)cc1. The molecular formula is C29H26N4O2. The van der Waals surface area contributed by atoms with Crippen molar-refractivity contribution >= 4 is 22.5 Å². The van der Waals surface area contributed by atoms with Crippen molar-refractivity contribution in [2.45, 2.75) is 19.4 Å². The number of hydrogen-bond acceptors (Lipinski definition) is 4. The number of Topliss-reactive ketones (excluding diaryl/α,β-unsaturated/α-hetero) is 2. The van der Waals surface area contributed by atoms with Gasteiger partial charge in [0.2, 0.25) is 0 Å². The van der Waals surface area contributed by atoms with E-state index in [9.17, 15) is 9.59 Å². The fourth-order valence-electron chi connectivity index (χ4n) is 4.32. The molecule has 0 saturated heterocycles. The Morgan fingerprint density at radius 2 is 1.83 bits per heavy atom. The molecule has 174 valence electrons. The van der Waals surface area contributed by atoms with Gasteiger partial charge in [0, 0.05) is 52.9 Å². The molecule has 2 aromatic heterocycles. The van der Waals surface area contributed by atoms with Crippen LogP contribution in [0.4, 0.5) is 0 Å². The second-order valence-electron chi connectivity index (χ2n) is 8.57. The van der Waals surface area contributed by atoms with Crippen LogP contribution in [0.5, 0.6) is 0 Å². The van der Waals surface area contributed by atoms with Gasteiger partial charge in [-0.3, -0.25) is 9.59 Å². The minimum Gasteiger partial charge on any atom is -0.360 e. The maximum absolute atomic E-state index is 13.8. The number of hydrogen-bond donors (Lipinski definition) is 2. The number of ketones is 2. The van der Waals surface area contributed by atoms with Crippen molar-refractivity contribution in [2.24, 2.45) is 0 Å². The largest absolute Gasteiger partial charge is 0.360 e. The van der Waals surface area contributed by atoms with Gasteiger partial charge in [-0.2, -0.15) is 0 Å². The third kappa shape index (κ3) is 4.83. The monoisotopic (exact) mass is 462 g/mol. The summed E-state index contributed by atoms with van der Waals surface area (Å²) in [7, 11) is 0.